The first kappa shape index (κ1) is 12.4. The van der Waals surface area contributed by atoms with Crippen LogP contribution >= 0.6 is 0 Å². The van der Waals surface area contributed by atoms with E-state index in [0.29, 0.717) is 5.92 Å². The van der Waals surface area contributed by atoms with Crippen molar-refractivity contribution in [3.05, 3.63) is 24.3 Å². The lowest BCUT2D eigenvalue weighted by atomic mass is 10.2. The topological polar surface area (TPSA) is 66.4 Å². The smallest absolute Gasteiger partial charge is 0.244 e. The minimum atomic E-state index is -3.61. The van der Waals surface area contributed by atoms with Gasteiger partial charge in [0.1, 0.15) is 10.6 Å². The SMILES string of the molecule is CC(CC1CC1)NS(=O)(=O)c1ccccc1O. The second kappa shape index (κ2) is 4.66. The number of aromatic hydroxyl groups is 1. The van der Waals surface area contributed by atoms with Crippen molar-refractivity contribution >= 4 is 10.0 Å². The maximum atomic E-state index is 12.0. The molecular weight excluding hydrogens is 238 g/mol. The number of benzene rings is 1. The summed E-state index contributed by atoms with van der Waals surface area (Å²) in [5.74, 6) is 0.454. The Morgan fingerprint density at radius 2 is 2.06 bits per heavy atom. The van der Waals surface area contributed by atoms with E-state index in [1.165, 1.54) is 25.0 Å². The number of hydrogen-bond donors (Lipinski definition) is 2. The molecular formula is C12H17NO3S. The molecule has 0 heterocycles. The predicted octanol–water partition coefficient (Wildman–Crippen LogP) is 1.86. The molecule has 0 radical (unpaired) electrons. The first-order valence-electron chi connectivity index (χ1n) is 5.79. The van der Waals surface area contributed by atoms with Crippen molar-refractivity contribution < 1.29 is 13.5 Å². The zero-order valence-electron chi connectivity index (χ0n) is 9.76. The van der Waals surface area contributed by atoms with E-state index in [-0.39, 0.29) is 16.7 Å². The lowest BCUT2D eigenvalue weighted by Gasteiger charge is -2.14. The van der Waals surface area contributed by atoms with E-state index in [4.69, 9.17) is 0 Å². The summed E-state index contributed by atoms with van der Waals surface area (Å²) in [5.41, 5.74) is 0. The lowest BCUT2D eigenvalue weighted by molar-refractivity contribution is 0.456. The van der Waals surface area contributed by atoms with Crippen molar-refractivity contribution in [3.63, 3.8) is 0 Å². The number of sulfonamides is 1. The van der Waals surface area contributed by atoms with Gasteiger partial charge in [-0.2, -0.15) is 0 Å². The zero-order chi connectivity index (χ0) is 12.5. The van der Waals surface area contributed by atoms with E-state index in [1.54, 1.807) is 12.1 Å². The molecule has 4 nitrogen and oxygen atoms in total. The Morgan fingerprint density at radius 1 is 1.41 bits per heavy atom. The third-order valence-electron chi connectivity index (χ3n) is 2.89. The van der Waals surface area contributed by atoms with Gasteiger partial charge < -0.3 is 5.11 Å². The monoisotopic (exact) mass is 255 g/mol. The molecule has 0 aromatic heterocycles. The molecule has 0 saturated heterocycles. The highest BCUT2D eigenvalue weighted by atomic mass is 32.2. The second-order valence-electron chi connectivity index (χ2n) is 4.67. The van der Waals surface area contributed by atoms with Crippen LogP contribution in [0.25, 0.3) is 0 Å². The summed E-state index contributed by atoms with van der Waals surface area (Å²) in [5, 5.41) is 9.53. The van der Waals surface area contributed by atoms with E-state index in [9.17, 15) is 13.5 Å². The molecule has 1 saturated carbocycles. The third kappa shape index (κ3) is 3.20. The first-order chi connectivity index (χ1) is 7.99. The number of hydrogen-bond acceptors (Lipinski definition) is 3. The van der Waals surface area contributed by atoms with Gasteiger partial charge in [0, 0.05) is 6.04 Å². The fourth-order valence-electron chi connectivity index (χ4n) is 1.91. The minimum absolute atomic E-state index is 0.0531. The van der Waals surface area contributed by atoms with Crippen LogP contribution in [0.2, 0.25) is 0 Å². The summed E-state index contributed by atoms with van der Waals surface area (Å²) in [6.45, 7) is 1.86. The van der Waals surface area contributed by atoms with Gasteiger partial charge in [-0.25, -0.2) is 13.1 Å². The summed E-state index contributed by atoms with van der Waals surface area (Å²) >= 11 is 0. The Kier molecular flexibility index (Phi) is 3.40. The maximum Gasteiger partial charge on any atom is 0.244 e. The summed E-state index contributed by atoms with van der Waals surface area (Å²) < 4.78 is 26.6. The molecule has 2 N–H and O–H groups in total. The molecule has 1 unspecified atom stereocenters. The average Bonchev–Trinajstić information content (AvgIpc) is 3.00. The number of phenolic OH excluding ortho intramolecular Hbond substituents is 1. The van der Waals surface area contributed by atoms with Crippen LogP contribution < -0.4 is 4.72 Å². The van der Waals surface area contributed by atoms with E-state index < -0.39 is 10.0 Å². The summed E-state index contributed by atoms with van der Waals surface area (Å²) in [6, 6.07) is 5.89. The van der Waals surface area contributed by atoms with Gasteiger partial charge in [0.25, 0.3) is 0 Å². The molecule has 0 amide bonds. The summed E-state index contributed by atoms with van der Waals surface area (Å²) in [7, 11) is -3.61. The van der Waals surface area contributed by atoms with Crippen LogP contribution in [0, 0.1) is 5.92 Å². The van der Waals surface area contributed by atoms with E-state index in [1.807, 2.05) is 6.92 Å². The van der Waals surface area contributed by atoms with Crippen molar-refractivity contribution in [2.75, 3.05) is 0 Å². The van der Waals surface area contributed by atoms with Crippen LogP contribution in [-0.4, -0.2) is 19.6 Å². The van der Waals surface area contributed by atoms with Gasteiger partial charge in [0.2, 0.25) is 10.0 Å². The Morgan fingerprint density at radius 3 is 2.65 bits per heavy atom. The van der Waals surface area contributed by atoms with E-state index >= 15 is 0 Å². The van der Waals surface area contributed by atoms with Gasteiger partial charge in [-0.1, -0.05) is 25.0 Å². The number of rotatable bonds is 5. The predicted molar refractivity (Wildman–Crippen MR) is 65.2 cm³/mol. The van der Waals surface area contributed by atoms with E-state index in [2.05, 4.69) is 4.72 Å². The third-order valence-corrected chi connectivity index (χ3v) is 4.53. The molecule has 1 aromatic carbocycles. The maximum absolute atomic E-state index is 12.0. The lowest BCUT2D eigenvalue weighted by Crippen LogP contribution is -2.32. The number of phenols is 1. The molecule has 1 aliphatic carbocycles. The first-order valence-corrected chi connectivity index (χ1v) is 7.27. The van der Waals surface area contributed by atoms with Crippen LogP contribution in [0.15, 0.2) is 29.2 Å². The molecule has 0 spiro atoms. The van der Waals surface area contributed by atoms with E-state index in [0.717, 1.165) is 6.42 Å². The van der Waals surface area contributed by atoms with Crippen molar-refractivity contribution in [1.82, 2.24) is 4.72 Å². The molecule has 17 heavy (non-hydrogen) atoms. The van der Waals surface area contributed by atoms with Crippen molar-refractivity contribution in [2.24, 2.45) is 5.92 Å². The quantitative estimate of drug-likeness (QED) is 0.844. The molecule has 1 aromatic rings. The van der Waals surface area contributed by atoms with Crippen LogP contribution in [0.5, 0.6) is 5.75 Å². The summed E-state index contributed by atoms with van der Waals surface area (Å²) in [4.78, 5) is -0.0531. The van der Waals surface area contributed by atoms with Crippen LogP contribution in [0.1, 0.15) is 26.2 Å². The van der Waals surface area contributed by atoms with Crippen LogP contribution in [0.4, 0.5) is 0 Å². The van der Waals surface area contributed by atoms with Crippen LogP contribution in [-0.2, 0) is 10.0 Å². The number of nitrogens with one attached hydrogen (secondary N) is 1. The largest absolute Gasteiger partial charge is 0.507 e. The summed E-state index contributed by atoms with van der Waals surface area (Å²) in [6.07, 6.45) is 3.26. The highest BCUT2D eigenvalue weighted by Gasteiger charge is 2.27. The van der Waals surface area contributed by atoms with Gasteiger partial charge >= 0.3 is 0 Å². The second-order valence-corrected chi connectivity index (χ2v) is 6.35. The number of para-hydroxylation sites is 1. The van der Waals surface area contributed by atoms with Gasteiger partial charge in [-0.05, 0) is 31.4 Å². The fourth-order valence-corrected chi connectivity index (χ4v) is 3.27. The van der Waals surface area contributed by atoms with Crippen molar-refractivity contribution in [1.29, 1.82) is 0 Å². The standard InChI is InChI=1S/C12H17NO3S/c1-9(8-10-6-7-10)13-17(15,16)12-5-3-2-4-11(12)14/h2-5,9-10,13-14H,6-8H2,1H3. The molecule has 2 rings (SSSR count). The Labute approximate surface area is 102 Å². The Hall–Kier alpha value is -1.07. The molecule has 94 valence electrons. The normalized spacial score (nSPS) is 17.9. The molecule has 1 atom stereocenters. The molecule has 0 aliphatic heterocycles. The zero-order valence-corrected chi connectivity index (χ0v) is 10.6. The van der Waals surface area contributed by atoms with Gasteiger partial charge in [0.05, 0.1) is 0 Å². The molecule has 0 bridgehead atoms. The highest BCUT2D eigenvalue weighted by molar-refractivity contribution is 7.89. The molecule has 5 heteroatoms. The van der Waals surface area contributed by atoms with Gasteiger partial charge in [-0.3, -0.25) is 0 Å². The molecule has 1 aliphatic rings. The highest BCUT2D eigenvalue weighted by Crippen LogP contribution is 2.33. The van der Waals surface area contributed by atoms with Gasteiger partial charge in [0.15, 0.2) is 0 Å². The van der Waals surface area contributed by atoms with Crippen LogP contribution in [0.3, 0.4) is 0 Å². The Bertz CT molecular complexity index is 494. The Balaban J connectivity index is 2.10. The van der Waals surface area contributed by atoms with Gasteiger partial charge in [-0.15, -0.1) is 0 Å². The van der Waals surface area contributed by atoms with Crippen molar-refractivity contribution in [3.8, 4) is 5.75 Å². The minimum Gasteiger partial charge on any atom is -0.507 e. The van der Waals surface area contributed by atoms with Crippen molar-refractivity contribution in [2.45, 2.75) is 37.1 Å². The fraction of sp³-hybridized carbons (Fsp3) is 0.500. The molecule has 1 fully saturated rings. The average molecular weight is 255 g/mol.